The summed E-state index contributed by atoms with van der Waals surface area (Å²) in [4.78, 5) is 25.8. The normalized spacial score (nSPS) is 13.2. The molecule has 5 nitrogen and oxygen atoms in total. The van der Waals surface area contributed by atoms with Gasteiger partial charge in [0, 0.05) is 20.9 Å². The van der Waals surface area contributed by atoms with Gasteiger partial charge in [-0.2, -0.15) is 0 Å². The Kier molecular flexibility index (Phi) is 14.0. The van der Waals surface area contributed by atoms with Crippen molar-refractivity contribution in [2.75, 3.05) is 13.2 Å². The van der Waals surface area contributed by atoms with Crippen LogP contribution in [0.25, 0.3) is 0 Å². The number of hydrogen-bond acceptors (Lipinski definition) is 6. The molecule has 0 spiro atoms. The second-order valence-corrected chi connectivity index (χ2v) is 17.9. The van der Waals surface area contributed by atoms with E-state index in [0.29, 0.717) is 5.75 Å². The molecule has 1 atom stereocenters. The molecular formula is C36H56O5S2. The second kappa shape index (κ2) is 15.4. The van der Waals surface area contributed by atoms with Crippen LogP contribution in [0.15, 0.2) is 40.1 Å². The van der Waals surface area contributed by atoms with Crippen LogP contribution in [0.3, 0.4) is 0 Å². The number of carboxylic acid groups (broad SMARTS) is 1. The van der Waals surface area contributed by atoms with Gasteiger partial charge in [-0.15, -0.1) is 23.5 Å². The summed E-state index contributed by atoms with van der Waals surface area (Å²) < 4.78 is 11.1. The van der Waals surface area contributed by atoms with E-state index < -0.39 is 25.2 Å². The van der Waals surface area contributed by atoms with Gasteiger partial charge in [0.1, 0.15) is 19.0 Å². The average molecular weight is 633 g/mol. The van der Waals surface area contributed by atoms with E-state index in [1.54, 1.807) is 11.8 Å². The maximum Gasteiger partial charge on any atom is 0.337 e. The van der Waals surface area contributed by atoms with E-state index in [2.05, 4.69) is 120 Å². The fourth-order valence-corrected chi connectivity index (χ4v) is 6.59. The quantitative estimate of drug-likeness (QED) is 0.128. The van der Waals surface area contributed by atoms with Crippen molar-refractivity contribution < 1.29 is 24.2 Å². The highest BCUT2D eigenvalue weighted by molar-refractivity contribution is 8.17. The number of aliphatic carboxylic acids is 1. The third-order valence-corrected chi connectivity index (χ3v) is 8.84. The van der Waals surface area contributed by atoms with Crippen LogP contribution in [0.2, 0.25) is 0 Å². The first-order chi connectivity index (χ1) is 19.5. The number of rotatable bonds is 9. The highest BCUT2D eigenvalue weighted by atomic mass is 32.2. The molecule has 2 aromatic rings. The first-order valence-corrected chi connectivity index (χ1v) is 16.9. The number of hydrogen-bond donors (Lipinski definition) is 1. The SMILES string of the molecule is CC.CC(Sc1cc(C(C)(C)C)cc(C(C)(C)C)c1)Sc1cc(C(C)(C)C)c(OC(=O)COCC(=O)O)c(C(C)(C)C)c1. The van der Waals surface area contributed by atoms with Gasteiger partial charge < -0.3 is 14.6 Å². The van der Waals surface area contributed by atoms with Crippen LogP contribution in [0.4, 0.5) is 0 Å². The van der Waals surface area contributed by atoms with E-state index in [1.165, 1.54) is 16.0 Å². The van der Waals surface area contributed by atoms with Crippen molar-refractivity contribution in [2.24, 2.45) is 0 Å². The lowest BCUT2D eigenvalue weighted by Crippen LogP contribution is -2.24. The zero-order chi connectivity index (χ0) is 33.6. The van der Waals surface area contributed by atoms with E-state index in [0.717, 1.165) is 16.0 Å². The van der Waals surface area contributed by atoms with Gasteiger partial charge in [0.15, 0.2) is 0 Å². The first kappa shape index (κ1) is 39.1. The van der Waals surface area contributed by atoms with Crippen LogP contribution in [0.5, 0.6) is 5.75 Å². The van der Waals surface area contributed by atoms with Gasteiger partial charge in [-0.1, -0.05) is 103 Å². The van der Waals surface area contributed by atoms with Crippen molar-refractivity contribution in [3.63, 3.8) is 0 Å². The van der Waals surface area contributed by atoms with Gasteiger partial charge in [0.25, 0.3) is 0 Å². The van der Waals surface area contributed by atoms with E-state index in [1.807, 2.05) is 25.6 Å². The van der Waals surface area contributed by atoms with Gasteiger partial charge in [0.2, 0.25) is 0 Å². The second-order valence-electron chi connectivity index (χ2n) is 14.8. The van der Waals surface area contributed by atoms with E-state index in [4.69, 9.17) is 14.6 Å². The van der Waals surface area contributed by atoms with Gasteiger partial charge in [-0.3, -0.25) is 0 Å². The Morgan fingerprint density at radius 2 is 1.07 bits per heavy atom. The molecule has 1 N–H and O–H groups in total. The summed E-state index contributed by atoms with van der Waals surface area (Å²) in [6, 6.07) is 11.3. The monoisotopic (exact) mass is 632 g/mol. The Morgan fingerprint density at radius 1 is 0.674 bits per heavy atom. The lowest BCUT2D eigenvalue weighted by atomic mass is 9.79. The van der Waals surface area contributed by atoms with Crippen molar-refractivity contribution in [1.29, 1.82) is 0 Å². The minimum atomic E-state index is -1.13. The van der Waals surface area contributed by atoms with E-state index >= 15 is 0 Å². The predicted octanol–water partition coefficient (Wildman–Crippen LogP) is 10.1. The molecule has 0 fully saturated rings. The summed E-state index contributed by atoms with van der Waals surface area (Å²) >= 11 is 3.67. The summed E-state index contributed by atoms with van der Waals surface area (Å²) in [5.41, 5.74) is 4.06. The molecule has 0 amide bonds. The maximum absolute atomic E-state index is 12.7. The molecule has 43 heavy (non-hydrogen) atoms. The smallest absolute Gasteiger partial charge is 0.337 e. The third-order valence-electron chi connectivity index (χ3n) is 6.58. The lowest BCUT2D eigenvalue weighted by molar-refractivity contribution is -0.147. The number of carbonyl (C=O) groups excluding carboxylic acids is 1. The summed E-state index contributed by atoms with van der Waals surface area (Å²) in [5.74, 6) is -1.21. The minimum absolute atomic E-state index is 0.0576. The number of benzene rings is 2. The molecule has 0 aliphatic carbocycles. The highest BCUT2D eigenvalue weighted by Gasteiger charge is 2.30. The predicted molar refractivity (Wildman–Crippen MR) is 184 cm³/mol. The highest BCUT2D eigenvalue weighted by Crippen LogP contribution is 2.45. The fraction of sp³-hybridized carbons (Fsp3) is 0.611. The molecule has 0 aliphatic heterocycles. The maximum atomic E-state index is 12.7. The summed E-state index contributed by atoms with van der Waals surface area (Å²) in [6.45, 7) is 31.4. The molecule has 0 radical (unpaired) electrons. The molecule has 7 heteroatoms. The molecule has 2 aromatic carbocycles. The van der Waals surface area contributed by atoms with Crippen LogP contribution < -0.4 is 4.74 Å². The van der Waals surface area contributed by atoms with Crippen LogP contribution >= 0.6 is 23.5 Å². The van der Waals surface area contributed by atoms with Crippen molar-refractivity contribution in [1.82, 2.24) is 0 Å². The van der Waals surface area contributed by atoms with Crippen molar-refractivity contribution >= 4 is 35.5 Å². The molecule has 0 aliphatic rings. The zero-order valence-corrected chi connectivity index (χ0v) is 30.9. The molecule has 0 bridgehead atoms. The molecular weight excluding hydrogens is 577 g/mol. The number of carbonyl (C=O) groups is 2. The molecule has 0 saturated heterocycles. The molecule has 0 heterocycles. The third kappa shape index (κ3) is 12.5. The van der Waals surface area contributed by atoms with E-state index in [9.17, 15) is 9.59 Å². The number of ether oxygens (including phenoxy) is 2. The Morgan fingerprint density at radius 3 is 1.42 bits per heavy atom. The van der Waals surface area contributed by atoms with Gasteiger partial charge in [-0.25, -0.2) is 9.59 Å². The standard InChI is InChI=1S/C34H50O5S2.C2H6/c1-21(40-24-15-22(31(2,3)4)14-23(16-24)32(5,6)7)41-25-17-26(33(8,9)10)30(27(18-25)34(11,12)13)39-29(37)20-38-19-28(35)36;1-2/h14-18,21H,19-20H2,1-13H3,(H,35,36);1-2H3. The first-order valence-electron chi connectivity index (χ1n) is 15.2. The average Bonchev–Trinajstić information content (AvgIpc) is 2.83. The van der Waals surface area contributed by atoms with Crippen LogP contribution in [0, 0.1) is 0 Å². The number of carboxylic acids is 1. The Bertz CT molecular complexity index is 1170. The fourth-order valence-electron chi connectivity index (χ4n) is 4.20. The topological polar surface area (TPSA) is 72.8 Å². The summed E-state index contributed by atoms with van der Waals surface area (Å²) in [7, 11) is 0. The van der Waals surface area contributed by atoms with Gasteiger partial charge in [0.05, 0.1) is 4.58 Å². The summed E-state index contributed by atoms with van der Waals surface area (Å²) in [6.07, 6.45) is 0. The molecule has 1 unspecified atom stereocenters. The molecule has 0 saturated carbocycles. The number of esters is 1. The van der Waals surface area contributed by atoms with Crippen molar-refractivity contribution in [3.05, 3.63) is 52.6 Å². The van der Waals surface area contributed by atoms with Gasteiger partial charge >= 0.3 is 11.9 Å². The van der Waals surface area contributed by atoms with Gasteiger partial charge in [-0.05, 0) is 64.0 Å². The molecule has 2 rings (SSSR count). The summed E-state index contributed by atoms with van der Waals surface area (Å²) in [5, 5.41) is 8.83. The lowest BCUT2D eigenvalue weighted by Gasteiger charge is -2.30. The zero-order valence-electron chi connectivity index (χ0n) is 29.3. The molecule has 242 valence electrons. The van der Waals surface area contributed by atoms with Crippen LogP contribution in [-0.2, 0) is 36.0 Å². The molecule has 0 aromatic heterocycles. The van der Waals surface area contributed by atoms with Crippen molar-refractivity contribution in [3.8, 4) is 5.75 Å². The van der Waals surface area contributed by atoms with E-state index in [-0.39, 0.29) is 26.2 Å². The Hall–Kier alpha value is -1.96. The largest absolute Gasteiger partial charge is 0.480 e. The Balaban J connectivity index is 0.00000452. The van der Waals surface area contributed by atoms with Crippen LogP contribution in [-0.4, -0.2) is 34.8 Å². The minimum Gasteiger partial charge on any atom is -0.480 e. The van der Waals surface area contributed by atoms with Crippen molar-refractivity contribution in [2.45, 2.75) is 140 Å². The Labute approximate surface area is 270 Å². The van der Waals surface area contributed by atoms with Crippen LogP contribution in [0.1, 0.15) is 126 Å². The number of thioether (sulfide) groups is 2.